The summed E-state index contributed by atoms with van der Waals surface area (Å²) < 4.78 is 6.40. The maximum atomic E-state index is 5.25. The molecule has 0 aromatic heterocycles. The molecule has 2 aromatic rings. The van der Waals surface area contributed by atoms with Crippen molar-refractivity contribution in [1.82, 2.24) is 0 Å². The standard InChI is InChI=1S/C18H20BrNO/c1-12-16(19)4-3-5-17(12)20-18(13-6-7-13)14-8-10-15(21-2)11-9-14/h3-5,8-11,13,18,20H,6-7H2,1-2H3. The minimum absolute atomic E-state index is 0.379. The second-order valence-electron chi connectivity index (χ2n) is 5.64. The van der Waals surface area contributed by atoms with Gasteiger partial charge >= 0.3 is 0 Å². The first-order chi connectivity index (χ1) is 10.2. The molecule has 21 heavy (non-hydrogen) atoms. The molecule has 1 atom stereocenters. The van der Waals surface area contributed by atoms with Gasteiger partial charge in [-0.15, -0.1) is 0 Å². The van der Waals surface area contributed by atoms with Gasteiger partial charge in [0.1, 0.15) is 5.75 Å². The monoisotopic (exact) mass is 345 g/mol. The maximum absolute atomic E-state index is 5.25. The summed E-state index contributed by atoms with van der Waals surface area (Å²) in [6.07, 6.45) is 2.60. The van der Waals surface area contributed by atoms with Gasteiger partial charge in [0, 0.05) is 10.2 Å². The van der Waals surface area contributed by atoms with Crippen molar-refractivity contribution < 1.29 is 4.74 Å². The molecule has 110 valence electrons. The van der Waals surface area contributed by atoms with Gasteiger partial charge in [-0.25, -0.2) is 0 Å². The second-order valence-corrected chi connectivity index (χ2v) is 6.50. The normalized spacial score (nSPS) is 15.6. The van der Waals surface area contributed by atoms with E-state index in [1.54, 1.807) is 7.11 Å². The van der Waals surface area contributed by atoms with Gasteiger partial charge in [0.2, 0.25) is 0 Å². The quantitative estimate of drug-likeness (QED) is 0.790. The van der Waals surface area contributed by atoms with Crippen LogP contribution in [0.25, 0.3) is 0 Å². The molecule has 1 unspecified atom stereocenters. The van der Waals surface area contributed by atoms with Crippen LogP contribution in [0.4, 0.5) is 5.69 Å². The van der Waals surface area contributed by atoms with Gasteiger partial charge in [0.25, 0.3) is 0 Å². The number of anilines is 1. The lowest BCUT2D eigenvalue weighted by Crippen LogP contribution is -2.13. The third-order valence-electron chi connectivity index (χ3n) is 4.15. The fraction of sp³-hybridized carbons (Fsp3) is 0.333. The minimum atomic E-state index is 0.379. The number of ether oxygens (including phenoxy) is 1. The van der Waals surface area contributed by atoms with Gasteiger partial charge in [0.05, 0.1) is 13.2 Å². The van der Waals surface area contributed by atoms with Crippen molar-refractivity contribution in [2.24, 2.45) is 5.92 Å². The van der Waals surface area contributed by atoms with Crippen LogP contribution in [-0.2, 0) is 0 Å². The predicted octanol–water partition coefficient (Wildman–Crippen LogP) is 5.33. The SMILES string of the molecule is COc1ccc(C(Nc2cccc(Br)c2C)C2CC2)cc1. The average molecular weight is 346 g/mol. The molecule has 3 rings (SSSR count). The molecule has 1 N–H and O–H groups in total. The van der Waals surface area contributed by atoms with Crippen LogP contribution < -0.4 is 10.1 Å². The summed E-state index contributed by atoms with van der Waals surface area (Å²) in [7, 11) is 1.70. The summed E-state index contributed by atoms with van der Waals surface area (Å²) in [6.45, 7) is 2.14. The molecular formula is C18H20BrNO. The first-order valence-corrected chi connectivity index (χ1v) is 8.14. The van der Waals surface area contributed by atoms with Crippen molar-refractivity contribution in [1.29, 1.82) is 0 Å². The number of nitrogens with one attached hydrogen (secondary N) is 1. The number of rotatable bonds is 5. The van der Waals surface area contributed by atoms with E-state index in [-0.39, 0.29) is 0 Å². The summed E-state index contributed by atoms with van der Waals surface area (Å²) in [4.78, 5) is 0. The lowest BCUT2D eigenvalue weighted by Gasteiger charge is -2.22. The minimum Gasteiger partial charge on any atom is -0.497 e. The maximum Gasteiger partial charge on any atom is 0.118 e. The molecule has 2 aromatic carbocycles. The zero-order chi connectivity index (χ0) is 14.8. The van der Waals surface area contributed by atoms with Gasteiger partial charge in [-0.2, -0.15) is 0 Å². The van der Waals surface area contributed by atoms with E-state index in [2.05, 4.69) is 58.5 Å². The Kier molecular flexibility index (Phi) is 4.20. The van der Waals surface area contributed by atoms with E-state index in [0.29, 0.717) is 6.04 Å². The predicted molar refractivity (Wildman–Crippen MR) is 91.0 cm³/mol. The van der Waals surface area contributed by atoms with E-state index in [0.717, 1.165) is 16.1 Å². The number of methoxy groups -OCH3 is 1. The zero-order valence-electron chi connectivity index (χ0n) is 12.4. The molecule has 1 fully saturated rings. The molecule has 0 amide bonds. The highest BCUT2D eigenvalue weighted by Gasteiger charge is 2.32. The Balaban J connectivity index is 1.86. The van der Waals surface area contributed by atoms with Gasteiger partial charge in [0.15, 0.2) is 0 Å². The highest BCUT2D eigenvalue weighted by Crippen LogP contribution is 2.43. The molecule has 0 spiro atoms. The molecule has 0 bridgehead atoms. The fourth-order valence-electron chi connectivity index (χ4n) is 2.65. The number of benzene rings is 2. The fourth-order valence-corrected chi connectivity index (χ4v) is 3.01. The van der Waals surface area contributed by atoms with E-state index in [1.807, 2.05) is 12.1 Å². The zero-order valence-corrected chi connectivity index (χ0v) is 14.0. The third kappa shape index (κ3) is 3.24. The first-order valence-electron chi connectivity index (χ1n) is 7.34. The third-order valence-corrected chi connectivity index (χ3v) is 5.01. The van der Waals surface area contributed by atoms with Crippen molar-refractivity contribution in [3.8, 4) is 5.75 Å². The summed E-state index contributed by atoms with van der Waals surface area (Å²) in [5.41, 5.74) is 3.80. The first kappa shape index (κ1) is 14.5. The molecule has 2 nitrogen and oxygen atoms in total. The van der Waals surface area contributed by atoms with Crippen LogP contribution in [-0.4, -0.2) is 7.11 Å². The highest BCUT2D eigenvalue weighted by molar-refractivity contribution is 9.10. The van der Waals surface area contributed by atoms with E-state index < -0.39 is 0 Å². The summed E-state index contributed by atoms with van der Waals surface area (Å²) in [5, 5.41) is 3.73. The van der Waals surface area contributed by atoms with Gasteiger partial charge < -0.3 is 10.1 Å². The van der Waals surface area contributed by atoms with Gasteiger partial charge in [-0.1, -0.05) is 34.1 Å². The van der Waals surface area contributed by atoms with Crippen LogP contribution in [0, 0.1) is 12.8 Å². The number of hydrogen-bond acceptors (Lipinski definition) is 2. The van der Waals surface area contributed by atoms with Crippen LogP contribution in [0.15, 0.2) is 46.9 Å². The molecule has 0 aliphatic heterocycles. The molecule has 0 saturated heterocycles. The van der Waals surface area contributed by atoms with Crippen LogP contribution in [0.5, 0.6) is 5.75 Å². The van der Waals surface area contributed by atoms with Crippen LogP contribution in [0.1, 0.15) is 30.0 Å². The molecule has 1 saturated carbocycles. The molecular weight excluding hydrogens is 326 g/mol. The topological polar surface area (TPSA) is 21.3 Å². The molecule has 1 aliphatic rings. The Bertz CT molecular complexity index is 620. The van der Waals surface area contributed by atoms with E-state index >= 15 is 0 Å². The largest absolute Gasteiger partial charge is 0.497 e. The highest BCUT2D eigenvalue weighted by atomic mass is 79.9. The Labute approximate surface area is 134 Å². The summed E-state index contributed by atoms with van der Waals surface area (Å²) >= 11 is 3.61. The van der Waals surface area contributed by atoms with Crippen molar-refractivity contribution >= 4 is 21.6 Å². The van der Waals surface area contributed by atoms with Crippen LogP contribution >= 0.6 is 15.9 Å². The smallest absolute Gasteiger partial charge is 0.118 e. The number of hydrogen-bond donors (Lipinski definition) is 1. The average Bonchev–Trinajstić information content (AvgIpc) is 3.34. The van der Waals surface area contributed by atoms with E-state index in [9.17, 15) is 0 Å². The Morgan fingerprint density at radius 3 is 2.48 bits per heavy atom. The van der Waals surface area contributed by atoms with E-state index in [1.165, 1.54) is 29.7 Å². The lowest BCUT2D eigenvalue weighted by atomic mass is 10.0. The molecule has 0 heterocycles. The Morgan fingerprint density at radius 2 is 1.86 bits per heavy atom. The van der Waals surface area contributed by atoms with Crippen molar-refractivity contribution in [3.63, 3.8) is 0 Å². The second kappa shape index (κ2) is 6.10. The molecule has 0 radical (unpaired) electrons. The lowest BCUT2D eigenvalue weighted by molar-refractivity contribution is 0.414. The van der Waals surface area contributed by atoms with Crippen LogP contribution in [0.2, 0.25) is 0 Å². The van der Waals surface area contributed by atoms with Crippen molar-refractivity contribution in [3.05, 3.63) is 58.1 Å². The van der Waals surface area contributed by atoms with Gasteiger partial charge in [-0.05, 0) is 61.1 Å². The van der Waals surface area contributed by atoms with Gasteiger partial charge in [-0.3, -0.25) is 0 Å². The van der Waals surface area contributed by atoms with Crippen molar-refractivity contribution in [2.45, 2.75) is 25.8 Å². The summed E-state index contributed by atoms with van der Waals surface area (Å²) in [5.74, 6) is 1.64. The molecule has 3 heteroatoms. The Hall–Kier alpha value is -1.48. The van der Waals surface area contributed by atoms with Crippen molar-refractivity contribution in [2.75, 3.05) is 12.4 Å². The van der Waals surface area contributed by atoms with Crippen LogP contribution in [0.3, 0.4) is 0 Å². The molecule has 1 aliphatic carbocycles. The van der Waals surface area contributed by atoms with E-state index in [4.69, 9.17) is 4.74 Å². The summed E-state index contributed by atoms with van der Waals surface area (Å²) in [6, 6.07) is 15.1. The number of halogens is 1. The Morgan fingerprint density at radius 1 is 1.14 bits per heavy atom.